The smallest absolute Gasteiger partial charge is 0.257 e. The van der Waals surface area contributed by atoms with Crippen LogP contribution in [-0.2, 0) is 6.42 Å². The molecular weight excluding hydrogens is 338 g/mol. The van der Waals surface area contributed by atoms with Crippen molar-refractivity contribution in [1.82, 2.24) is 4.90 Å². The third kappa shape index (κ3) is 3.61. The van der Waals surface area contributed by atoms with Crippen LogP contribution in [0.2, 0.25) is 0 Å². The molecule has 2 aromatic rings. The van der Waals surface area contributed by atoms with E-state index in [1.165, 1.54) is 4.88 Å². The molecule has 1 heterocycles. The van der Waals surface area contributed by atoms with Gasteiger partial charge in [-0.05, 0) is 36.1 Å². The van der Waals surface area contributed by atoms with Crippen molar-refractivity contribution in [3.8, 4) is 5.75 Å². The molecule has 0 saturated carbocycles. The number of hydrogen-bond acceptors (Lipinski definition) is 3. The van der Waals surface area contributed by atoms with E-state index in [-0.39, 0.29) is 5.91 Å². The molecule has 0 aliphatic heterocycles. The summed E-state index contributed by atoms with van der Waals surface area (Å²) in [5.74, 6) is 0.568. The zero-order chi connectivity index (χ0) is 14.5. The molecule has 0 aliphatic carbocycles. The van der Waals surface area contributed by atoms with E-state index in [9.17, 15) is 4.79 Å². The fraction of sp³-hybridized carbons (Fsp3) is 0.267. The Hall–Kier alpha value is -1.33. The molecule has 0 atom stereocenters. The molecule has 3 nitrogen and oxygen atoms in total. The largest absolute Gasteiger partial charge is 0.496 e. The van der Waals surface area contributed by atoms with Gasteiger partial charge in [-0.3, -0.25) is 4.79 Å². The first-order valence-corrected chi connectivity index (χ1v) is 7.90. The van der Waals surface area contributed by atoms with Gasteiger partial charge in [0.15, 0.2) is 0 Å². The van der Waals surface area contributed by atoms with E-state index in [1.807, 2.05) is 19.2 Å². The predicted molar refractivity (Wildman–Crippen MR) is 85.7 cm³/mol. The Morgan fingerprint density at radius 1 is 1.40 bits per heavy atom. The maximum Gasteiger partial charge on any atom is 0.257 e. The van der Waals surface area contributed by atoms with Crippen molar-refractivity contribution in [2.75, 3.05) is 20.7 Å². The number of methoxy groups -OCH3 is 1. The first-order chi connectivity index (χ1) is 9.61. The van der Waals surface area contributed by atoms with Gasteiger partial charge in [-0.1, -0.05) is 22.0 Å². The number of likely N-dealkylation sites (N-methyl/N-ethyl adjacent to an activating group) is 1. The van der Waals surface area contributed by atoms with Crippen molar-refractivity contribution in [3.05, 3.63) is 50.6 Å². The number of carbonyl (C=O) groups is 1. The molecule has 2 rings (SSSR count). The van der Waals surface area contributed by atoms with E-state index in [1.54, 1.807) is 35.5 Å². The van der Waals surface area contributed by atoms with Crippen LogP contribution in [-0.4, -0.2) is 31.5 Å². The Bertz CT molecular complexity index is 584. The molecule has 5 heteroatoms. The Kier molecular flexibility index (Phi) is 5.20. The van der Waals surface area contributed by atoms with E-state index in [4.69, 9.17) is 4.74 Å². The first-order valence-electron chi connectivity index (χ1n) is 6.23. The number of halogens is 1. The van der Waals surface area contributed by atoms with Crippen molar-refractivity contribution < 1.29 is 9.53 Å². The molecule has 0 radical (unpaired) electrons. The SMILES string of the molecule is COc1cc(Br)ccc1C(=O)N(C)CCc1cccs1. The van der Waals surface area contributed by atoms with Gasteiger partial charge in [-0.2, -0.15) is 0 Å². The minimum Gasteiger partial charge on any atom is -0.496 e. The summed E-state index contributed by atoms with van der Waals surface area (Å²) in [6.45, 7) is 0.693. The molecule has 1 aromatic carbocycles. The number of carbonyl (C=O) groups excluding carboxylic acids is 1. The number of thiophene rings is 1. The molecule has 0 spiro atoms. The summed E-state index contributed by atoms with van der Waals surface area (Å²) in [6.07, 6.45) is 0.874. The van der Waals surface area contributed by atoms with Gasteiger partial charge in [-0.15, -0.1) is 11.3 Å². The maximum atomic E-state index is 12.4. The third-order valence-corrected chi connectivity index (χ3v) is 4.44. The lowest BCUT2D eigenvalue weighted by Gasteiger charge is -2.18. The van der Waals surface area contributed by atoms with Crippen molar-refractivity contribution in [3.63, 3.8) is 0 Å². The number of ether oxygens (including phenoxy) is 1. The van der Waals surface area contributed by atoms with Crippen LogP contribution in [0.4, 0.5) is 0 Å². The molecular formula is C15H16BrNO2S. The van der Waals surface area contributed by atoms with E-state index in [0.29, 0.717) is 17.9 Å². The molecule has 0 unspecified atom stereocenters. The molecule has 106 valence electrons. The van der Waals surface area contributed by atoms with Crippen LogP contribution in [0.3, 0.4) is 0 Å². The summed E-state index contributed by atoms with van der Waals surface area (Å²) in [7, 11) is 3.39. The lowest BCUT2D eigenvalue weighted by Crippen LogP contribution is -2.29. The average Bonchev–Trinajstić information content (AvgIpc) is 2.97. The highest BCUT2D eigenvalue weighted by molar-refractivity contribution is 9.10. The minimum atomic E-state index is -0.0223. The third-order valence-electron chi connectivity index (χ3n) is 3.01. The normalized spacial score (nSPS) is 10.3. The molecule has 20 heavy (non-hydrogen) atoms. The number of hydrogen-bond donors (Lipinski definition) is 0. The minimum absolute atomic E-state index is 0.0223. The van der Waals surface area contributed by atoms with Crippen LogP contribution in [0.15, 0.2) is 40.2 Å². The molecule has 0 fully saturated rings. The van der Waals surface area contributed by atoms with Crippen LogP contribution in [0.25, 0.3) is 0 Å². The van der Waals surface area contributed by atoms with Gasteiger partial charge < -0.3 is 9.64 Å². The highest BCUT2D eigenvalue weighted by Gasteiger charge is 2.16. The van der Waals surface area contributed by atoms with Gasteiger partial charge >= 0.3 is 0 Å². The standard InChI is InChI=1S/C15H16BrNO2S/c1-17(8-7-12-4-3-9-20-12)15(18)13-6-5-11(16)10-14(13)19-2/h3-6,9-10H,7-8H2,1-2H3. The molecule has 0 N–H and O–H groups in total. The fourth-order valence-corrected chi connectivity index (χ4v) is 2.92. The van der Waals surface area contributed by atoms with Gasteiger partial charge in [0.05, 0.1) is 12.7 Å². The van der Waals surface area contributed by atoms with Crippen molar-refractivity contribution in [1.29, 1.82) is 0 Å². The van der Waals surface area contributed by atoms with Gasteiger partial charge in [0.2, 0.25) is 0 Å². The van der Waals surface area contributed by atoms with Crippen LogP contribution < -0.4 is 4.74 Å². The summed E-state index contributed by atoms with van der Waals surface area (Å²) in [5.41, 5.74) is 0.587. The number of amides is 1. The van der Waals surface area contributed by atoms with Crippen LogP contribution in [0, 0.1) is 0 Å². The van der Waals surface area contributed by atoms with Crippen molar-refractivity contribution in [2.45, 2.75) is 6.42 Å². The number of nitrogens with zero attached hydrogens (tertiary/aromatic N) is 1. The number of rotatable bonds is 5. The molecule has 1 amide bonds. The van der Waals surface area contributed by atoms with E-state index < -0.39 is 0 Å². The van der Waals surface area contributed by atoms with Gasteiger partial charge in [0, 0.05) is 22.9 Å². The molecule has 0 aliphatic rings. The van der Waals surface area contributed by atoms with E-state index in [0.717, 1.165) is 10.9 Å². The average molecular weight is 354 g/mol. The van der Waals surface area contributed by atoms with Gasteiger partial charge in [-0.25, -0.2) is 0 Å². The zero-order valence-electron chi connectivity index (χ0n) is 11.4. The molecule has 0 saturated heterocycles. The van der Waals surface area contributed by atoms with Gasteiger partial charge in [0.1, 0.15) is 5.75 Å². The lowest BCUT2D eigenvalue weighted by atomic mass is 10.1. The van der Waals surface area contributed by atoms with Crippen LogP contribution in [0.5, 0.6) is 5.75 Å². The quantitative estimate of drug-likeness (QED) is 0.817. The predicted octanol–water partition coefficient (Wildman–Crippen LogP) is 3.83. The first kappa shape index (κ1) is 15.1. The lowest BCUT2D eigenvalue weighted by molar-refractivity contribution is 0.0793. The Balaban J connectivity index is 2.06. The highest BCUT2D eigenvalue weighted by Crippen LogP contribution is 2.24. The second kappa shape index (κ2) is 6.90. The fourth-order valence-electron chi connectivity index (χ4n) is 1.88. The molecule has 0 bridgehead atoms. The Morgan fingerprint density at radius 2 is 2.20 bits per heavy atom. The summed E-state index contributed by atoms with van der Waals surface area (Å²) < 4.78 is 6.17. The second-order valence-electron chi connectivity index (χ2n) is 4.40. The van der Waals surface area contributed by atoms with E-state index in [2.05, 4.69) is 27.4 Å². The Morgan fingerprint density at radius 3 is 2.85 bits per heavy atom. The zero-order valence-corrected chi connectivity index (χ0v) is 13.8. The molecule has 1 aromatic heterocycles. The summed E-state index contributed by atoms with van der Waals surface area (Å²) in [6, 6.07) is 9.55. The van der Waals surface area contributed by atoms with Crippen molar-refractivity contribution >= 4 is 33.2 Å². The Labute approximate surface area is 131 Å². The van der Waals surface area contributed by atoms with Crippen LogP contribution >= 0.6 is 27.3 Å². The monoisotopic (exact) mass is 353 g/mol. The summed E-state index contributed by atoms with van der Waals surface area (Å²) >= 11 is 5.09. The van der Waals surface area contributed by atoms with Gasteiger partial charge in [0.25, 0.3) is 5.91 Å². The summed E-state index contributed by atoms with van der Waals surface area (Å²) in [4.78, 5) is 15.4. The number of benzene rings is 1. The second-order valence-corrected chi connectivity index (χ2v) is 6.35. The van der Waals surface area contributed by atoms with Crippen LogP contribution in [0.1, 0.15) is 15.2 Å². The topological polar surface area (TPSA) is 29.5 Å². The summed E-state index contributed by atoms with van der Waals surface area (Å²) in [5, 5.41) is 2.05. The highest BCUT2D eigenvalue weighted by atomic mass is 79.9. The maximum absolute atomic E-state index is 12.4. The van der Waals surface area contributed by atoms with E-state index >= 15 is 0 Å². The van der Waals surface area contributed by atoms with Crippen molar-refractivity contribution in [2.24, 2.45) is 0 Å².